The minimum atomic E-state index is -3.34. The van der Waals surface area contributed by atoms with E-state index in [2.05, 4.69) is 15.1 Å². The zero-order valence-electron chi connectivity index (χ0n) is 17.2. The van der Waals surface area contributed by atoms with Gasteiger partial charge in [0, 0.05) is 36.6 Å². The minimum Gasteiger partial charge on any atom is -0.484 e. The smallest absolute Gasteiger partial charge is 0.257 e. The van der Waals surface area contributed by atoms with Crippen molar-refractivity contribution in [1.82, 2.24) is 15.1 Å². The normalized spacial score (nSPS) is 11.2. The summed E-state index contributed by atoms with van der Waals surface area (Å²) in [7, 11) is -3.34. The Morgan fingerprint density at radius 2 is 1.94 bits per heavy atom. The molecule has 1 aromatic heterocycles. The Kier molecular flexibility index (Phi) is 8.00. The van der Waals surface area contributed by atoms with Crippen LogP contribution in [0.3, 0.4) is 0 Å². The number of anilines is 1. The first-order chi connectivity index (χ1) is 15.2. The van der Waals surface area contributed by atoms with Gasteiger partial charge in [-0.2, -0.15) is 5.10 Å². The molecule has 0 aliphatic rings. The monoisotopic (exact) mass is 496 g/mol. The van der Waals surface area contributed by atoms with E-state index in [0.717, 1.165) is 17.4 Å². The Balaban J connectivity index is 1.43. The van der Waals surface area contributed by atoms with Gasteiger partial charge in [0.25, 0.3) is 5.91 Å². The number of amides is 1. The zero-order valence-corrected chi connectivity index (χ0v) is 19.5. The van der Waals surface area contributed by atoms with Gasteiger partial charge in [0.2, 0.25) is 10.0 Å². The number of sulfonamides is 1. The van der Waals surface area contributed by atoms with E-state index in [-0.39, 0.29) is 12.5 Å². The van der Waals surface area contributed by atoms with Gasteiger partial charge in [-0.1, -0.05) is 35.3 Å². The van der Waals surface area contributed by atoms with Crippen LogP contribution in [-0.2, 0) is 21.4 Å². The van der Waals surface area contributed by atoms with Crippen LogP contribution >= 0.6 is 23.2 Å². The van der Waals surface area contributed by atoms with E-state index in [9.17, 15) is 13.2 Å². The molecule has 0 bridgehead atoms. The molecule has 0 radical (unpaired) electrons. The Labute approximate surface area is 196 Å². The van der Waals surface area contributed by atoms with E-state index in [1.54, 1.807) is 47.3 Å². The van der Waals surface area contributed by atoms with Gasteiger partial charge in [-0.15, -0.1) is 0 Å². The maximum atomic E-state index is 11.9. The molecule has 3 aromatic rings. The van der Waals surface area contributed by atoms with Gasteiger partial charge in [0.15, 0.2) is 6.61 Å². The summed E-state index contributed by atoms with van der Waals surface area (Å²) in [6.07, 6.45) is 5.36. The summed E-state index contributed by atoms with van der Waals surface area (Å²) < 4.78 is 32.4. The Morgan fingerprint density at radius 3 is 2.69 bits per heavy atom. The van der Waals surface area contributed by atoms with Crippen molar-refractivity contribution in [1.29, 1.82) is 0 Å². The molecule has 1 heterocycles. The molecular weight excluding hydrogens is 475 g/mol. The Morgan fingerprint density at radius 1 is 1.12 bits per heavy atom. The molecule has 3 rings (SSSR count). The molecule has 0 fully saturated rings. The average Bonchev–Trinajstić information content (AvgIpc) is 3.20. The topological polar surface area (TPSA) is 102 Å². The molecule has 0 unspecified atom stereocenters. The third kappa shape index (κ3) is 7.44. The maximum Gasteiger partial charge on any atom is 0.257 e. The predicted octanol–water partition coefficient (Wildman–Crippen LogP) is 3.81. The van der Waals surface area contributed by atoms with Crippen LogP contribution in [-0.4, -0.2) is 43.5 Å². The summed E-state index contributed by atoms with van der Waals surface area (Å²) in [5.41, 5.74) is 2.20. The second-order valence-electron chi connectivity index (χ2n) is 7.02. The summed E-state index contributed by atoms with van der Waals surface area (Å²) in [4.78, 5) is 11.9. The van der Waals surface area contributed by atoms with Crippen LogP contribution in [0.15, 0.2) is 54.9 Å². The van der Waals surface area contributed by atoms with Crippen LogP contribution in [0.5, 0.6) is 5.75 Å². The number of carbonyl (C=O) groups is 1. The molecule has 1 amide bonds. The van der Waals surface area contributed by atoms with Crippen molar-refractivity contribution in [3.63, 3.8) is 0 Å². The lowest BCUT2D eigenvalue weighted by Crippen LogP contribution is -2.30. The molecule has 170 valence electrons. The summed E-state index contributed by atoms with van der Waals surface area (Å²) in [6.45, 7) is 0.948. The average molecular weight is 497 g/mol. The van der Waals surface area contributed by atoms with Crippen molar-refractivity contribution in [3.8, 4) is 16.9 Å². The SMILES string of the molecule is CS(=O)(=O)Nc1cccc(-c2cnn(CCCNC(=O)COc3ccc(Cl)c(Cl)c3)c2)c1. The number of halogens is 2. The Hall–Kier alpha value is -2.75. The highest BCUT2D eigenvalue weighted by Crippen LogP contribution is 2.26. The molecule has 0 aliphatic carbocycles. The quantitative estimate of drug-likeness (QED) is 0.415. The van der Waals surface area contributed by atoms with Crippen LogP contribution in [0.25, 0.3) is 11.1 Å². The maximum absolute atomic E-state index is 11.9. The van der Waals surface area contributed by atoms with Crippen LogP contribution in [0.2, 0.25) is 10.0 Å². The molecule has 0 spiro atoms. The van der Waals surface area contributed by atoms with E-state index in [0.29, 0.717) is 41.0 Å². The van der Waals surface area contributed by atoms with E-state index in [1.165, 1.54) is 0 Å². The first kappa shape index (κ1) is 23.9. The third-order valence-corrected chi connectivity index (χ3v) is 5.63. The fourth-order valence-electron chi connectivity index (χ4n) is 2.85. The van der Waals surface area contributed by atoms with Crippen LogP contribution in [0, 0.1) is 0 Å². The fraction of sp³-hybridized carbons (Fsp3) is 0.238. The van der Waals surface area contributed by atoms with E-state index in [4.69, 9.17) is 27.9 Å². The number of hydrogen-bond acceptors (Lipinski definition) is 5. The number of rotatable bonds is 10. The highest BCUT2D eigenvalue weighted by molar-refractivity contribution is 7.92. The summed E-state index contributed by atoms with van der Waals surface area (Å²) in [6, 6.07) is 11.9. The molecule has 0 saturated carbocycles. The molecule has 2 aromatic carbocycles. The van der Waals surface area contributed by atoms with E-state index < -0.39 is 10.0 Å². The van der Waals surface area contributed by atoms with Crippen molar-refractivity contribution in [2.45, 2.75) is 13.0 Å². The largest absolute Gasteiger partial charge is 0.484 e. The standard InChI is InChI=1S/C21H22Cl2N4O4S/c1-32(29,30)26-17-5-2-4-15(10-17)16-12-25-27(13-16)9-3-8-24-21(28)14-31-18-6-7-19(22)20(23)11-18/h2,4-7,10-13,26H,3,8-9,14H2,1H3,(H,24,28). The second-order valence-corrected chi connectivity index (χ2v) is 9.58. The van der Waals surface area contributed by atoms with Crippen LogP contribution < -0.4 is 14.8 Å². The van der Waals surface area contributed by atoms with Crippen LogP contribution in [0.4, 0.5) is 5.69 Å². The molecule has 0 atom stereocenters. The van der Waals surface area contributed by atoms with E-state index >= 15 is 0 Å². The number of aromatic nitrogens is 2. The molecule has 2 N–H and O–H groups in total. The number of aryl methyl sites for hydroxylation is 1. The summed E-state index contributed by atoms with van der Waals surface area (Å²) >= 11 is 11.8. The first-order valence-electron chi connectivity index (χ1n) is 9.65. The summed E-state index contributed by atoms with van der Waals surface area (Å²) in [5, 5.41) is 7.89. The van der Waals surface area contributed by atoms with Gasteiger partial charge < -0.3 is 10.1 Å². The molecule has 8 nitrogen and oxygen atoms in total. The van der Waals surface area contributed by atoms with Gasteiger partial charge in [-0.25, -0.2) is 8.42 Å². The van der Waals surface area contributed by atoms with Gasteiger partial charge in [0.05, 0.1) is 22.5 Å². The molecule has 0 aliphatic heterocycles. The lowest BCUT2D eigenvalue weighted by atomic mass is 10.1. The zero-order chi connectivity index (χ0) is 23.1. The number of carbonyl (C=O) groups excluding carboxylic acids is 1. The van der Waals surface area contributed by atoms with Crippen LogP contribution in [0.1, 0.15) is 6.42 Å². The number of ether oxygens (including phenoxy) is 1. The van der Waals surface area contributed by atoms with Gasteiger partial charge >= 0.3 is 0 Å². The summed E-state index contributed by atoms with van der Waals surface area (Å²) in [5.74, 6) is 0.224. The van der Waals surface area contributed by atoms with Gasteiger partial charge in [0.1, 0.15) is 5.75 Å². The van der Waals surface area contributed by atoms with Gasteiger partial charge in [-0.05, 0) is 36.2 Å². The van der Waals surface area contributed by atoms with Crippen molar-refractivity contribution < 1.29 is 17.9 Å². The number of hydrogen-bond donors (Lipinski definition) is 2. The van der Waals surface area contributed by atoms with Crippen molar-refractivity contribution in [3.05, 3.63) is 64.9 Å². The second kappa shape index (κ2) is 10.7. The molecular formula is C21H22Cl2N4O4S. The first-order valence-corrected chi connectivity index (χ1v) is 12.3. The van der Waals surface area contributed by atoms with E-state index in [1.807, 2.05) is 12.3 Å². The lowest BCUT2D eigenvalue weighted by molar-refractivity contribution is -0.123. The third-order valence-electron chi connectivity index (χ3n) is 4.28. The molecule has 11 heteroatoms. The predicted molar refractivity (Wildman–Crippen MR) is 126 cm³/mol. The highest BCUT2D eigenvalue weighted by Gasteiger charge is 2.07. The number of benzene rings is 2. The molecule has 32 heavy (non-hydrogen) atoms. The number of nitrogens with one attached hydrogen (secondary N) is 2. The number of nitrogens with zero attached hydrogens (tertiary/aromatic N) is 2. The lowest BCUT2D eigenvalue weighted by Gasteiger charge is -2.08. The minimum absolute atomic E-state index is 0.123. The fourth-order valence-corrected chi connectivity index (χ4v) is 3.69. The van der Waals surface area contributed by atoms with Crippen molar-refractivity contribution in [2.75, 3.05) is 24.1 Å². The van der Waals surface area contributed by atoms with Crippen molar-refractivity contribution in [2.24, 2.45) is 0 Å². The highest BCUT2D eigenvalue weighted by atomic mass is 35.5. The molecule has 0 saturated heterocycles. The Bertz CT molecular complexity index is 1200. The van der Waals surface area contributed by atoms with Gasteiger partial charge in [-0.3, -0.25) is 14.2 Å². The van der Waals surface area contributed by atoms with Crippen molar-refractivity contribution >= 4 is 44.8 Å².